The number of methoxy groups -OCH3 is 1. The zero-order valence-corrected chi connectivity index (χ0v) is 10.9. The summed E-state index contributed by atoms with van der Waals surface area (Å²) >= 11 is 0. The van der Waals surface area contributed by atoms with E-state index < -0.39 is 6.10 Å². The van der Waals surface area contributed by atoms with Crippen molar-refractivity contribution in [1.29, 1.82) is 0 Å². The molecule has 1 aromatic heterocycles. The number of hydrogen-bond donors (Lipinski definition) is 1. The van der Waals surface area contributed by atoms with Crippen molar-refractivity contribution < 1.29 is 9.53 Å². The first-order valence-corrected chi connectivity index (χ1v) is 6.09. The maximum absolute atomic E-state index is 12.4. The van der Waals surface area contributed by atoms with Gasteiger partial charge in [0.2, 0.25) is 5.78 Å². The number of carbonyl (C=O) groups excluding carboxylic acids is 1. The summed E-state index contributed by atoms with van der Waals surface area (Å²) in [5.74, 6) is -0.331. The standard InChI is InChI=1S/C14H16N2O3/c1-3-16-14(18)11(9-15-16)12(17)13(19-2)10-7-5-4-6-8-10/h4-9,13,15H,3H2,1-2H3. The van der Waals surface area contributed by atoms with Crippen molar-refractivity contribution in [2.24, 2.45) is 0 Å². The molecule has 0 bridgehead atoms. The van der Waals surface area contributed by atoms with E-state index in [9.17, 15) is 9.59 Å². The molecule has 0 aliphatic rings. The van der Waals surface area contributed by atoms with Gasteiger partial charge in [0.05, 0.1) is 0 Å². The lowest BCUT2D eigenvalue weighted by atomic mass is 10.0. The Labute approximate surface area is 110 Å². The number of ketones is 1. The monoisotopic (exact) mass is 260 g/mol. The number of carbonyl (C=O) groups is 1. The highest BCUT2D eigenvalue weighted by molar-refractivity contribution is 5.99. The van der Waals surface area contributed by atoms with E-state index in [0.29, 0.717) is 6.54 Å². The Balaban J connectivity index is 2.36. The summed E-state index contributed by atoms with van der Waals surface area (Å²) in [6, 6.07) is 9.13. The lowest BCUT2D eigenvalue weighted by molar-refractivity contribution is 0.0603. The van der Waals surface area contributed by atoms with Gasteiger partial charge in [-0.1, -0.05) is 30.3 Å². The van der Waals surface area contributed by atoms with E-state index in [2.05, 4.69) is 5.10 Å². The molecule has 0 saturated carbocycles. The fourth-order valence-corrected chi connectivity index (χ4v) is 1.98. The highest BCUT2D eigenvalue weighted by atomic mass is 16.5. The van der Waals surface area contributed by atoms with Gasteiger partial charge in [-0.15, -0.1) is 0 Å². The van der Waals surface area contributed by atoms with Crippen LogP contribution >= 0.6 is 0 Å². The van der Waals surface area contributed by atoms with Crippen molar-refractivity contribution in [3.63, 3.8) is 0 Å². The van der Waals surface area contributed by atoms with Crippen LogP contribution in [0.4, 0.5) is 0 Å². The third kappa shape index (κ3) is 2.51. The van der Waals surface area contributed by atoms with Gasteiger partial charge in [-0.2, -0.15) is 0 Å². The number of ether oxygens (including phenoxy) is 1. The highest BCUT2D eigenvalue weighted by Crippen LogP contribution is 2.20. The number of aryl methyl sites for hydroxylation is 1. The van der Waals surface area contributed by atoms with Crippen LogP contribution in [0.3, 0.4) is 0 Å². The molecule has 2 rings (SSSR count). The van der Waals surface area contributed by atoms with Crippen LogP contribution in [0.15, 0.2) is 41.3 Å². The van der Waals surface area contributed by atoms with Crippen molar-refractivity contribution in [1.82, 2.24) is 9.78 Å². The summed E-state index contributed by atoms with van der Waals surface area (Å²) in [4.78, 5) is 24.3. The van der Waals surface area contributed by atoms with Crippen LogP contribution in [0.1, 0.15) is 28.9 Å². The molecule has 0 aliphatic heterocycles. The van der Waals surface area contributed by atoms with Crippen molar-refractivity contribution in [3.8, 4) is 0 Å². The Bertz CT molecular complexity index is 613. The van der Waals surface area contributed by atoms with E-state index in [1.807, 2.05) is 25.1 Å². The number of benzene rings is 1. The number of hydrogen-bond acceptors (Lipinski definition) is 3. The molecule has 5 nitrogen and oxygen atoms in total. The second-order valence-corrected chi connectivity index (χ2v) is 4.13. The quantitative estimate of drug-likeness (QED) is 0.833. The number of nitrogens with zero attached hydrogens (tertiary/aromatic N) is 1. The average Bonchev–Trinajstić information content (AvgIpc) is 2.81. The molecule has 5 heteroatoms. The van der Waals surface area contributed by atoms with Crippen LogP contribution in [0.25, 0.3) is 0 Å². The summed E-state index contributed by atoms with van der Waals surface area (Å²) in [6.07, 6.45) is 0.679. The Morgan fingerprint density at radius 2 is 2.05 bits per heavy atom. The van der Waals surface area contributed by atoms with Crippen molar-refractivity contribution in [2.75, 3.05) is 7.11 Å². The lowest BCUT2D eigenvalue weighted by Crippen LogP contribution is -2.24. The van der Waals surface area contributed by atoms with Crippen LogP contribution in [0.5, 0.6) is 0 Å². The second-order valence-electron chi connectivity index (χ2n) is 4.13. The minimum Gasteiger partial charge on any atom is -0.369 e. The molecule has 0 aliphatic carbocycles. The van der Waals surface area contributed by atoms with Crippen LogP contribution in [-0.2, 0) is 11.3 Å². The predicted octanol–water partition coefficient (Wildman–Crippen LogP) is 1.77. The number of aromatic amines is 1. The molecule has 2 aromatic rings. The molecule has 0 radical (unpaired) electrons. The average molecular weight is 260 g/mol. The molecule has 100 valence electrons. The number of nitrogens with one attached hydrogen (secondary N) is 1. The molecule has 1 atom stereocenters. The second kappa shape index (κ2) is 5.67. The molecule has 19 heavy (non-hydrogen) atoms. The molecule has 1 unspecified atom stereocenters. The predicted molar refractivity (Wildman–Crippen MR) is 71.2 cm³/mol. The Hall–Kier alpha value is -2.14. The van der Waals surface area contributed by atoms with Gasteiger partial charge >= 0.3 is 0 Å². The van der Waals surface area contributed by atoms with Gasteiger partial charge in [0.1, 0.15) is 11.7 Å². The van der Waals surface area contributed by atoms with Crippen LogP contribution < -0.4 is 5.56 Å². The third-order valence-electron chi connectivity index (χ3n) is 3.00. The number of H-pyrrole nitrogens is 1. The normalized spacial score (nSPS) is 12.3. The van der Waals surface area contributed by atoms with Crippen molar-refractivity contribution in [2.45, 2.75) is 19.6 Å². The minimum absolute atomic E-state index is 0.123. The fourth-order valence-electron chi connectivity index (χ4n) is 1.98. The van der Waals surface area contributed by atoms with Crippen LogP contribution in [-0.4, -0.2) is 22.7 Å². The molecule has 0 amide bonds. The van der Waals surface area contributed by atoms with E-state index in [-0.39, 0.29) is 16.9 Å². The van der Waals surface area contributed by atoms with Gasteiger partial charge in [0.25, 0.3) is 5.56 Å². The molecule has 0 saturated heterocycles. The molecular formula is C14H16N2O3. The van der Waals surface area contributed by atoms with Crippen molar-refractivity contribution in [3.05, 3.63) is 58.0 Å². The largest absolute Gasteiger partial charge is 0.369 e. The number of Topliss-reactive ketones (excluding diaryl/α,β-unsaturated/α-hetero) is 1. The van der Waals surface area contributed by atoms with E-state index in [0.717, 1.165) is 5.56 Å². The van der Waals surface area contributed by atoms with Crippen molar-refractivity contribution >= 4 is 5.78 Å². The van der Waals surface area contributed by atoms with Crippen LogP contribution in [0, 0.1) is 0 Å². The van der Waals surface area contributed by atoms with Gasteiger partial charge < -0.3 is 9.84 Å². The SMILES string of the molecule is CCn1[nH]cc(C(=O)C(OC)c2ccccc2)c1=O. The zero-order chi connectivity index (χ0) is 13.8. The molecule has 0 spiro atoms. The maximum Gasteiger partial charge on any atom is 0.277 e. The first-order chi connectivity index (χ1) is 9.19. The zero-order valence-electron chi connectivity index (χ0n) is 10.9. The summed E-state index contributed by atoms with van der Waals surface area (Å²) in [5, 5.41) is 2.76. The Kier molecular flexibility index (Phi) is 3.97. The smallest absolute Gasteiger partial charge is 0.277 e. The minimum atomic E-state index is -0.755. The molecular weight excluding hydrogens is 244 g/mol. The van der Waals surface area contributed by atoms with E-state index in [1.54, 1.807) is 12.1 Å². The summed E-state index contributed by atoms with van der Waals surface area (Å²) in [7, 11) is 1.46. The van der Waals surface area contributed by atoms with Gasteiger partial charge in [0.15, 0.2) is 0 Å². The topological polar surface area (TPSA) is 64.1 Å². The first-order valence-electron chi connectivity index (χ1n) is 6.09. The van der Waals surface area contributed by atoms with Gasteiger partial charge in [-0.25, -0.2) is 0 Å². The van der Waals surface area contributed by atoms with E-state index >= 15 is 0 Å². The van der Waals surface area contributed by atoms with E-state index in [4.69, 9.17) is 4.74 Å². The lowest BCUT2D eigenvalue weighted by Gasteiger charge is -2.12. The van der Waals surface area contributed by atoms with Gasteiger partial charge in [-0.3, -0.25) is 14.3 Å². The third-order valence-corrected chi connectivity index (χ3v) is 3.00. The molecule has 1 heterocycles. The summed E-state index contributed by atoms with van der Waals surface area (Å²) in [6.45, 7) is 2.33. The molecule has 1 aromatic carbocycles. The fraction of sp³-hybridized carbons (Fsp3) is 0.286. The number of aromatic nitrogens is 2. The highest BCUT2D eigenvalue weighted by Gasteiger charge is 2.25. The van der Waals surface area contributed by atoms with Crippen LogP contribution in [0.2, 0.25) is 0 Å². The van der Waals surface area contributed by atoms with Gasteiger partial charge in [0, 0.05) is 19.9 Å². The number of rotatable bonds is 5. The summed E-state index contributed by atoms with van der Waals surface area (Å²) in [5.41, 5.74) is 0.543. The summed E-state index contributed by atoms with van der Waals surface area (Å²) < 4.78 is 6.62. The first kappa shape index (κ1) is 13.3. The van der Waals surface area contributed by atoms with Gasteiger partial charge in [-0.05, 0) is 12.5 Å². The molecule has 1 N–H and O–H groups in total. The van der Waals surface area contributed by atoms with E-state index in [1.165, 1.54) is 18.0 Å². The maximum atomic E-state index is 12.4. The molecule has 0 fully saturated rings. The Morgan fingerprint density at radius 3 is 2.58 bits per heavy atom. The Morgan fingerprint density at radius 1 is 1.37 bits per heavy atom.